The fourth-order valence-electron chi connectivity index (χ4n) is 3.93. The fraction of sp³-hybridized carbons (Fsp3) is 0.810. The number of rotatable bonds is 7. The molecule has 0 aromatic carbocycles. The third kappa shape index (κ3) is 7.01. The molecule has 0 bridgehead atoms. The first-order valence-electron chi connectivity index (χ1n) is 10.2. The van der Waals surface area contributed by atoms with E-state index in [1.807, 2.05) is 0 Å². The largest absolute Gasteiger partial charge is 0.245 e. The van der Waals surface area contributed by atoms with E-state index in [4.69, 9.17) is 4.98 Å². The van der Waals surface area contributed by atoms with E-state index in [0.29, 0.717) is 5.92 Å². The lowest BCUT2D eigenvalue weighted by Gasteiger charge is -2.20. The lowest BCUT2D eigenvalue weighted by atomic mass is 9.87. The minimum atomic E-state index is 0.682. The van der Waals surface area contributed by atoms with Crippen LogP contribution in [0, 0.1) is 0 Å². The topological polar surface area (TPSA) is 25.8 Å². The van der Waals surface area contributed by atoms with Gasteiger partial charge in [0.15, 0.2) is 0 Å². The molecule has 1 aliphatic carbocycles. The molecule has 1 fully saturated rings. The molecule has 0 saturated heterocycles. The van der Waals surface area contributed by atoms with E-state index in [0.717, 1.165) is 0 Å². The van der Waals surface area contributed by atoms with Crippen LogP contribution in [0.1, 0.15) is 114 Å². The molecule has 0 atom stereocenters. The van der Waals surface area contributed by atoms with Gasteiger partial charge in [-0.05, 0) is 31.2 Å². The van der Waals surface area contributed by atoms with Crippen LogP contribution in [-0.4, -0.2) is 9.97 Å². The molecule has 130 valence electrons. The summed E-state index contributed by atoms with van der Waals surface area (Å²) >= 11 is 0. The van der Waals surface area contributed by atoms with E-state index in [2.05, 4.69) is 18.1 Å². The molecular formula is C21H36N2. The molecule has 1 aromatic rings. The maximum Gasteiger partial charge on any atom is 0.115 e. The first kappa shape index (κ1) is 18.4. The molecule has 0 aliphatic heterocycles. The van der Waals surface area contributed by atoms with Gasteiger partial charge in [0.1, 0.15) is 6.33 Å². The summed E-state index contributed by atoms with van der Waals surface area (Å²) in [5.41, 5.74) is 2.82. The number of unbranched alkanes of at least 4 members (excludes halogenated alkanes) is 4. The van der Waals surface area contributed by atoms with Crippen LogP contribution in [-0.2, 0) is 6.42 Å². The van der Waals surface area contributed by atoms with Crippen LogP contribution in [0.25, 0.3) is 0 Å². The maximum absolute atomic E-state index is 4.73. The Labute approximate surface area is 143 Å². The van der Waals surface area contributed by atoms with Crippen molar-refractivity contribution in [2.45, 2.75) is 109 Å². The second-order valence-electron chi connectivity index (χ2n) is 7.35. The van der Waals surface area contributed by atoms with Crippen LogP contribution in [0.3, 0.4) is 0 Å². The van der Waals surface area contributed by atoms with Crippen LogP contribution in [0.2, 0.25) is 0 Å². The normalized spacial score (nSPS) is 18.0. The second-order valence-corrected chi connectivity index (χ2v) is 7.35. The fourth-order valence-corrected chi connectivity index (χ4v) is 3.93. The highest BCUT2D eigenvalue weighted by atomic mass is 14.8. The van der Waals surface area contributed by atoms with Gasteiger partial charge < -0.3 is 0 Å². The monoisotopic (exact) mass is 316 g/mol. The van der Waals surface area contributed by atoms with Gasteiger partial charge in [0.2, 0.25) is 0 Å². The maximum atomic E-state index is 4.73. The molecule has 0 unspecified atom stereocenters. The molecule has 1 aliphatic rings. The van der Waals surface area contributed by atoms with Gasteiger partial charge in [-0.1, -0.05) is 77.6 Å². The predicted molar refractivity (Wildman–Crippen MR) is 98.8 cm³/mol. The Balaban J connectivity index is 1.92. The van der Waals surface area contributed by atoms with E-state index >= 15 is 0 Å². The van der Waals surface area contributed by atoms with Crippen LogP contribution >= 0.6 is 0 Å². The predicted octanol–water partition coefficient (Wildman–Crippen LogP) is 6.60. The zero-order valence-corrected chi connectivity index (χ0v) is 15.2. The van der Waals surface area contributed by atoms with Crippen molar-refractivity contribution in [3.8, 4) is 0 Å². The molecule has 0 radical (unpaired) electrons. The van der Waals surface area contributed by atoms with Crippen LogP contribution < -0.4 is 0 Å². The van der Waals surface area contributed by atoms with Gasteiger partial charge in [-0.25, -0.2) is 9.97 Å². The zero-order valence-electron chi connectivity index (χ0n) is 15.2. The van der Waals surface area contributed by atoms with Gasteiger partial charge in [0.25, 0.3) is 0 Å². The minimum Gasteiger partial charge on any atom is -0.245 e. The van der Waals surface area contributed by atoms with Crippen molar-refractivity contribution in [1.29, 1.82) is 0 Å². The number of aromatic nitrogens is 2. The molecule has 1 aromatic heterocycles. The van der Waals surface area contributed by atoms with Crippen molar-refractivity contribution >= 4 is 0 Å². The average Bonchev–Trinajstić information content (AvgIpc) is 2.60. The van der Waals surface area contributed by atoms with E-state index < -0.39 is 0 Å². The van der Waals surface area contributed by atoms with E-state index in [9.17, 15) is 0 Å². The van der Waals surface area contributed by atoms with Gasteiger partial charge in [0, 0.05) is 12.1 Å². The molecule has 0 N–H and O–H groups in total. The Morgan fingerprint density at radius 2 is 1.52 bits per heavy atom. The number of aryl methyl sites for hydroxylation is 1. The van der Waals surface area contributed by atoms with Gasteiger partial charge >= 0.3 is 0 Å². The first-order valence-corrected chi connectivity index (χ1v) is 10.2. The van der Waals surface area contributed by atoms with Gasteiger partial charge in [-0.15, -0.1) is 0 Å². The second kappa shape index (κ2) is 11.6. The van der Waals surface area contributed by atoms with Crippen LogP contribution in [0.5, 0.6) is 0 Å². The van der Waals surface area contributed by atoms with Crippen LogP contribution in [0.4, 0.5) is 0 Å². The smallest absolute Gasteiger partial charge is 0.115 e. The van der Waals surface area contributed by atoms with Crippen molar-refractivity contribution in [1.82, 2.24) is 9.97 Å². The highest BCUT2D eigenvalue weighted by molar-refractivity contribution is 5.20. The van der Waals surface area contributed by atoms with Crippen LogP contribution in [0.15, 0.2) is 12.5 Å². The average molecular weight is 317 g/mol. The highest BCUT2D eigenvalue weighted by Gasteiger charge is 2.17. The summed E-state index contributed by atoms with van der Waals surface area (Å²) < 4.78 is 0. The lowest BCUT2D eigenvalue weighted by Crippen LogP contribution is -2.08. The van der Waals surface area contributed by atoms with Crippen molar-refractivity contribution in [3.05, 3.63) is 23.8 Å². The van der Waals surface area contributed by atoms with E-state index in [1.54, 1.807) is 6.33 Å². The summed E-state index contributed by atoms with van der Waals surface area (Å²) in [5.74, 6) is 0.682. The van der Waals surface area contributed by atoms with Gasteiger partial charge in [-0.3, -0.25) is 0 Å². The number of hydrogen-bond acceptors (Lipinski definition) is 2. The van der Waals surface area contributed by atoms with Gasteiger partial charge in [-0.2, -0.15) is 0 Å². The van der Waals surface area contributed by atoms with Crippen molar-refractivity contribution in [3.63, 3.8) is 0 Å². The van der Waals surface area contributed by atoms with Crippen molar-refractivity contribution < 1.29 is 0 Å². The standard InChI is InChI=1S/C21H36N2/c1-2-3-4-8-13-16-20-17-22-18-23-21(20)19-14-11-9-6-5-7-10-12-15-19/h17-19H,2-16H2,1H3. The van der Waals surface area contributed by atoms with Gasteiger partial charge in [0.05, 0.1) is 5.69 Å². The summed E-state index contributed by atoms with van der Waals surface area (Å²) in [6.07, 6.45) is 24.3. The third-order valence-electron chi connectivity index (χ3n) is 5.36. The zero-order chi connectivity index (χ0) is 16.2. The Kier molecular flexibility index (Phi) is 9.28. The lowest BCUT2D eigenvalue weighted by molar-refractivity contribution is 0.454. The molecule has 2 heteroatoms. The summed E-state index contributed by atoms with van der Waals surface area (Å²) in [6, 6.07) is 0. The molecule has 2 nitrogen and oxygen atoms in total. The Bertz CT molecular complexity index is 406. The molecule has 0 spiro atoms. The van der Waals surface area contributed by atoms with Crippen molar-refractivity contribution in [2.24, 2.45) is 0 Å². The number of nitrogens with zero attached hydrogens (tertiary/aromatic N) is 2. The molecular weight excluding hydrogens is 280 g/mol. The first-order chi connectivity index (χ1) is 11.4. The van der Waals surface area contributed by atoms with Crippen molar-refractivity contribution in [2.75, 3.05) is 0 Å². The Hall–Kier alpha value is -0.920. The summed E-state index contributed by atoms with van der Waals surface area (Å²) in [6.45, 7) is 2.28. The quantitative estimate of drug-likeness (QED) is 0.530. The Morgan fingerprint density at radius 1 is 0.870 bits per heavy atom. The summed E-state index contributed by atoms with van der Waals surface area (Å²) in [5, 5.41) is 0. The third-order valence-corrected chi connectivity index (χ3v) is 5.36. The van der Waals surface area contributed by atoms with E-state index in [1.165, 1.54) is 108 Å². The molecule has 23 heavy (non-hydrogen) atoms. The summed E-state index contributed by atoms with van der Waals surface area (Å²) in [4.78, 5) is 9.05. The number of hydrogen-bond donors (Lipinski definition) is 0. The molecule has 1 heterocycles. The minimum absolute atomic E-state index is 0.682. The highest BCUT2D eigenvalue weighted by Crippen LogP contribution is 2.31. The molecule has 0 amide bonds. The summed E-state index contributed by atoms with van der Waals surface area (Å²) in [7, 11) is 0. The SMILES string of the molecule is CCCCCCCc1cncnc1C1CCCCCCCCC1. The molecule has 2 rings (SSSR count). The van der Waals surface area contributed by atoms with E-state index in [-0.39, 0.29) is 0 Å². The Morgan fingerprint density at radius 3 is 2.22 bits per heavy atom. The molecule has 1 saturated carbocycles.